The van der Waals surface area contributed by atoms with Gasteiger partial charge in [-0.25, -0.2) is 114 Å². The van der Waals surface area contributed by atoms with Crippen molar-refractivity contribution in [2.75, 3.05) is 98.6 Å². The molecule has 48 heteroatoms. The molecule has 0 bridgehead atoms. The number of halogens is 24. The molecule has 0 radical (unpaired) electrons. The van der Waals surface area contributed by atoms with Crippen molar-refractivity contribution in [2.24, 2.45) is 0 Å². The van der Waals surface area contributed by atoms with E-state index in [9.17, 15) is 119 Å². The van der Waals surface area contributed by atoms with Gasteiger partial charge in [-0.1, -0.05) is 238 Å². The van der Waals surface area contributed by atoms with Crippen LogP contribution in [0.4, 0.5) is 105 Å². The molecule has 0 unspecified atom stereocenters. The van der Waals surface area contributed by atoms with Gasteiger partial charge in [-0.05, 0) is 54.8 Å². The molecule has 0 aliphatic heterocycles. The summed E-state index contributed by atoms with van der Waals surface area (Å²) >= 11 is 2.25. The molecule has 0 atom stereocenters. The normalized spacial score (nSPS) is 10.6. The van der Waals surface area contributed by atoms with E-state index in [1.165, 1.54) is 99.1 Å². The quantitative estimate of drug-likeness (QED) is 0.0134. The summed E-state index contributed by atoms with van der Waals surface area (Å²) in [4.78, 5) is -1.05. The lowest BCUT2D eigenvalue weighted by Gasteiger charge is -2.15. The van der Waals surface area contributed by atoms with Crippen molar-refractivity contribution in [1.29, 1.82) is 0 Å². The Hall–Kier alpha value is -2.20. The third kappa shape index (κ3) is 40.6. The monoisotopic (exact) mass is 2150 g/mol. The number of sulfone groups is 1. The van der Waals surface area contributed by atoms with E-state index < -0.39 is 211 Å². The van der Waals surface area contributed by atoms with Gasteiger partial charge in [-0.2, -0.15) is 0 Å². The second kappa shape index (κ2) is 72.2. The van der Waals surface area contributed by atoms with Crippen LogP contribution in [-0.4, -0.2) is 128 Å². The van der Waals surface area contributed by atoms with Crippen molar-refractivity contribution in [3.63, 3.8) is 0 Å². The summed E-state index contributed by atoms with van der Waals surface area (Å²) in [5, 5.41) is 10.4. The van der Waals surface area contributed by atoms with Crippen LogP contribution in [0.5, 0.6) is 0 Å². The summed E-state index contributed by atoms with van der Waals surface area (Å²) < 4.78 is 366. The first kappa shape index (κ1) is 129. The van der Waals surface area contributed by atoms with Crippen LogP contribution in [0.15, 0.2) is 45.4 Å². The Bertz CT molecular complexity index is 3930. The molecule has 726 valence electrons. The van der Waals surface area contributed by atoms with E-state index in [4.69, 9.17) is 0 Å². The summed E-state index contributed by atoms with van der Waals surface area (Å²) in [5.41, 5.74) is -6.32. The first-order valence-electron chi connectivity index (χ1n) is 38.6. The highest BCUT2D eigenvalue weighted by Gasteiger charge is 2.42. The predicted molar refractivity (Wildman–Crippen MR) is 505 cm³/mol. The molecule has 0 aliphatic rings. The Morgan fingerprint density at radius 1 is 0.276 bits per heavy atom. The summed E-state index contributed by atoms with van der Waals surface area (Å²) in [6.45, 7) is 39.8. The molecule has 7 nitrogen and oxygen atoms in total. The number of amides is 1. The highest BCUT2D eigenvalue weighted by atomic mass is 33.1. The van der Waals surface area contributed by atoms with Gasteiger partial charge in [0.2, 0.25) is 15.7 Å². The average molecular weight is 2160 g/mol. The van der Waals surface area contributed by atoms with Gasteiger partial charge >= 0.3 is 0 Å². The van der Waals surface area contributed by atoms with Gasteiger partial charge in [-0.3, -0.25) is 9.48 Å². The Balaban J connectivity index is -0.00000146. The molecule has 7 rings (SSSR count). The molecule has 1 amide bonds. The Labute approximate surface area is 795 Å². The van der Waals surface area contributed by atoms with Crippen molar-refractivity contribution >= 4 is 194 Å². The lowest BCUT2D eigenvalue weighted by atomic mass is 10.0. The second-order valence-corrected chi connectivity index (χ2v) is 46.7. The zero-order chi connectivity index (χ0) is 98.3. The fourth-order valence-electron chi connectivity index (χ4n) is 8.52. The molecule has 127 heavy (non-hydrogen) atoms. The third-order valence-electron chi connectivity index (χ3n) is 13.6. The summed E-state index contributed by atoms with van der Waals surface area (Å²) in [7, 11) is 13.2. The average Bonchev–Trinajstić information content (AvgIpc) is 0.755. The lowest BCUT2D eigenvalue weighted by Crippen LogP contribution is -2.20. The molecule has 0 spiro atoms. The van der Waals surface area contributed by atoms with E-state index in [1.807, 2.05) is 140 Å². The van der Waals surface area contributed by atoms with Gasteiger partial charge in [0, 0.05) is 83.2 Å². The number of rotatable bonds is 35. The summed E-state index contributed by atoms with van der Waals surface area (Å²) in [5.74, 6) is -38.3. The number of hydrogen-bond acceptors (Lipinski definition) is 21. The number of nitrogens with one attached hydrogen (secondary N) is 1. The first-order valence-corrected chi connectivity index (χ1v) is 58.4. The maximum absolute atomic E-state index is 14.3. The van der Waals surface area contributed by atoms with Gasteiger partial charge in [0.15, 0.2) is 140 Å². The second-order valence-electron chi connectivity index (χ2n) is 22.1. The van der Waals surface area contributed by atoms with E-state index >= 15 is 0 Å². The number of aryl methyl sites for hydroxylation is 2. The van der Waals surface area contributed by atoms with Crippen molar-refractivity contribution in [3.05, 3.63) is 152 Å². The lowest BCUT2D eigenvalue weighted by molar-refractivity contribution is -0.120. The number of benzene rings is 6. The molecule has 0 fully saturated rings. The van der Waals surface area contributed by atoms with Crippen LogP contribution in [0.3, 0.4) is 0 Å². The minimum atomic E-state index is -6.09. The predicted octanol–water partition coefficient (Wildman–Crippen LogP) is 32.7. The van der Waals surface area contributed by atoms with Gasteiger partial charge in [0.1, 0.15) is 9.79 Å². The highest BCUT2D eigenvalue weighted by Crippen LogP contribution is 2.46. The molecular weight excluding hydrogens is 2050 g/mol. The largest absolute Gasteiger partial charge is 0.356 e. The molecule has 1 N–H and O–H groups in total. The van der Waals surface area contributed by atoms with Crippen LogP contribution in [0.2, 0.25) is 0 Å². The topological polar surface area (TPSA) is 94.0 Å². The number of hydrogen-bond donors (Lipinski definition) is 1. The van der Waals surface area contributed by atoms with Crippen LogP contribution in [0, 0.1) is 140 Å². The van der Waals surface area contributed by atoms with Gasteiger partial charge in [0.05, 0.1) is 57.3 Å². The molecule has 0 saturated carbocycles. The zero-order valence-corrected chi connectivity index (χ0v) is 86.7. The molecule has 1 heterocycles. The fourth-order valence-corrected chi connectivity index (χ4v) is 21.0. The molecule has 1 aromatic heterocycles. The van der Waals surface area contributed by atoms with Crippen LogP contribution in [0.1, 0.15) is 151 Å². The maximum atomic E-state index is 14.3. The minimum absolute atomic E-state index is 0.0426. The third-order valence-corrected chi connectivity index (χ3v) is 33.8. The smallest absolute Gasteiger partial charge is 0.219 e. The number of aromatic nitrogens is 3. The summed E-state index contributed by atoms with van der Waals surface area (Å²) in [6, 6.07) is 0. The minimum Gasteiger partial charge on any atom is -0.356 e. The van der Waals surface area contributed by atoms with E-state index in [2.05, 4.69) is 91.8 Å². The Morgan fingerprint density at radius 3 is 0.559 bits per heavy atom. The Morgan fingerprint density at radius 2 is 0.449 bits per heavy atom. The molecule has 6 aromatic carbocycles. The van der Waals surface area contributed by atoms with Crippen molar-refractivity contribution in [3.8, 4) is 22.3 Å². The number of nitrogens with zero attached hydrogens (tertiary/aromatic N) is 3. The van der Waals surface area contributed by atoms with Gasteiger partial charge < -0.3 is 5.32 Å². The van der Waals surface area contributed by atoms with E-state index in [1.54, 1.807) is 0 Å². The zero-order valence-electron chi connectivity index (χ0n) is 72.8. The molecular formula is C79H102F24N4O3S17. The Kier molecular flexibility index (Phi) is 73.3. The molecule has 7 aromatic rings. The first-order chi connectivity index (χ1) is 60.0. The van der Waals surface area contributed by atoms with Crippen molar-refractivity contribution in [1.82, 2.24) is 20.3 Å². The number of carbonyl (C=O) groups is 1. The van der Waals surface area contributed by atoms with Crippen LogP contribution in [-0.2, 0) is 27.6 Å². The molecule has 0 saturated heterocycles. The standard InChI is InChI=1S/C16H10F8O2S3.2C16H10F8S2.C6H11N3.C5H11NO.5C4H10S2/c1-3-27-13-5(17)9(21)15(10(22)6(13)18)29(25,26)16-11(23)7(19)14(28-4-2)8(20)12(16)24;2*1-3-25-15-11(21)7(17)5(8(18)12(15)22)6-9(19)13(23)16(26-4-2)14(24)10(6)20;1-3-6-5-9(4-2)8-7-6;1-3-5(7)6-4-2;5*1-3-5-6-4-2/h3-4H2,1-2H3;2*3-4H2,1-2H3;5H,3-4H2,1-2H3;3-4H2,1-2H3,(H,6,7);5*3-4H2,1-2H3. The number of carbonyl (C=O) groups excluding carboxylic acids is 1. The summed E-state index contributed by atoms with van der Waals surface area (Å²) in [6.07, 6.45) is 3.54. The fraction of sp³-hybridized carbons (Fsp3) is 0.506. The SMILES string of the molecule is CCNC(=O)CC.CCSSCC.CCSSCC.CCSSCC.CCSSCC.CCSSCC.CCSc1c(F)c(F)c(-c2c(F)c(F)c(SCC)c(F)c2F)c(F)c1F.CCSc1c(F)c(F)c(-c2c(F)c(F)c(SCC)c(F)c2F)c(F)c1F.CCSc1c(F)c(F)c(S(=O)(=O)c2c(F)c(F)c(SCC)c(F)c2F)c(F)c1F.CCc1cn(CC)nn1. The van der Waals surface area contributed by atoms with Crippen molar-refractivity contribution in [2.45, 2.75) is 197 Å². The van der Waals surface area contributed by atoms with Crippen LogP contribution < -0.4 is 5.32 Å². The van der Waals surface area contributed by atoms with Crippen LogP contribution in [0.25, 0.3) is 22.3 Å². The number of thioether (sulfide) groups is 6. The van der Waals surface area contributed by atoms with Gasteiger partial charge in [0.25, 0.3) is 0 Å². The maximum Gasteiger partial charge on any atom is 0.219 e. The highest BCUT2D eigenvalue weighted by molar-refractivity contribution is 8.77. The van der Waals surface area contributed by atoms with Gasteiger partial charge in [-0.15, -0.1) is 75.7 Å². The van der Waals surface area contributed by atoms with Crippen molar-refractivity contribution < 1.29 is 119 Å². The molecule has 0 aliphatic carbocycles. The van der Waals surface area contributed by atoms with E-state index in [-0.39, 0.29) is 40.4 Å². The van der Waals surface area contributed by atoms with E-state index in [0.717, 1.165) is 25.2 Å². The van der Waals surface area contributed by atoms with E-state index in [0.29, 0.717) is 77.0 Å². The van der Waals surface area contributed by atoms with Crippen LogP contribution >= 0.6 is 179 Å².